The van der Waals surface area contributed by atoms with Crippen molar-refractivity contribution >= 4 is 29.1 Å². The smallest absolute Gasteiger partial charge is 0.244 e. The van der Waals surface area contributed by atoms with Gasteiger partial charge in [0.15, 0.2) is 0 Å². The Kier molecular flexibility index (Phi) is 6.86. The average Bonchev–Trinajstić information content (AvgIpc) is 2.63. The van der Waals surface area contributed by atoms with Gasteiger partial charge in [-0.05, 0) is 29.8 Å². The van der Waals surface area contributed by atoms with Crippen LogP contribution >= 0.6 is 11.6 Å². The number of hydrogen-bond acceptors (Lipinski definition) is 4. The number of carbonyl (C=O) groups excluding carboxylic acids is 2. The molecule has 2 aromatic carbocycles. The van der Waals surface area contributed by atoms with Gasteiger partial charge in [-0.15, -0.1) is 0 Å². The van der Waals surface area contributed by atoms with Gasteiger partial charge in [0, 0.05) is 24.6 Å². The molecule has 1 N–H and O–H groups in total. The van der Waals surface area contributed by atoms with E-state index in [-0.39, 0.29) is 18.4 Å². The van der Waals surface area contributed by atoms with Crippen LogP contribution in [-0.2, 0) is 16.1 Å². The van der Waals surface area contributed by atoms with Crippen LogP contribution in [0.25, 0.3) is 0 Å². The average molecular weight is 377 g/mol. The summed E-state index contributed by atoms with van der Waals surface area (Å²) in [6.07, 6.45) is 0. The first kappa shape index (κ1) is 19.6. The number of nitrogens with one attached hydrogen (secondary N) is 1. The van der Waals surface area contributed by atoms with E-state index in [1.54, 1.807) is 37.4 Å². The van der Waals surface area contributed by atoms with E-state index in [1.165, 1.54) is 18.9 Å². The largest absolute Gasteiger partial charge is 0.497 e. The minimum absolute atomic E-state index is 0.0762. The van der Waals surface area contributed by atoms with Crippen LogP contribution in [0, 0.1) is 0 Å². The first-order valence-electron chi connectivity index (χ1n) is 7.94. The Morgan fingerprint density at radius 2 is 1.77 bits per heavy atom. The SMILES string of the molecule is COc1ccc(NC(=O)CN(Cc2ccc(Cl)cc2)C(C)=O)c(OC)c1. The van der Waals surface area contributed by atoms with Crippen molar-refractivity contribution < 1.29 is 19.1 Å². The van der Waals surface area contributed by atoms with Crippen LogP contribution in [-0.4, -0.2) is 37.5 Å². The topological polar surface area (TPSA) is 67.9 Å². The number of methoxy groups -OCH3 is 2. The molecule has 0 bridgehead atoms. The van der Waals surface area contributed by atoms with Gasteiger partial charge in [0.2, 0.25) is 11.8 Å². The van der Waals surface area contributed by atoms with E-state index >= 15 is 0 Å². The summed E-state index contributed by atoms with van der Waals surface area (Å²) < 4.78 is 10.4. The predicted molar refractivity (Wildman–Crippen MR) is 101 cm³/mol. The molecule has 0 saturated carbocycles. The first-order chi connectivity index (χ1) is 12.4. The second kappa shape index (κ2) is 9.10. The van der Waals surface area contributed by atoms with Gasteiger partial charge in [0.05, 0.1) is 19.9 Å². The summed E-state index contributed by atoms with van der Waals surface area (Å²) in [5, 5.41) is 3.38. The van der Waals surface area contributed by atoms with Crippen molar-refractivity contribution in [1.82, 2.24) is 4.90 Å². The molecule has 138 valence electrons. The van der Waals surface area contributed by atoms with Crippen LogP contribution in [0.2, 0.25) is 5.02 Å². The second-order valence-electron chi connectivity index (χ2n) is 5.62. The van der Waals surface area contributed by atoms with Gasteiger partial charge in [-0.2, -0.15) is 0 Å². The van der Waals surface area contributed by atoms with E-state index in [4.69, 9.17) is 21.1 Å². The van der Waals surface area contributed by atoms with Crippen molar-refractivity contribution in [3.63, 3.8) is 0 Å². The van der Waals surface area contributed by atoms with E-state index in [0.717, 1.165) is 5.56 Å². The maximum absolute atomic E-state index is 12.4. The number of hydrogen-bond donors (Lipinski definition) is 1. The monoisotopic (exact) mass is 376 g/mol. The molecule has 0 aliphatic rings. The van der Waals surface area contributed by atoms with Crippen LogP contribution in [0.1, 0.15) is 12.5 Å². The fourth-order valence-corrected chi connectivity index (χ4v) is 2.48. The Labute approximate surface area is 157 Å². The highest BCUT2D eigenvalue weighted by Crippen LogP contribution is 2.29. The highest BCUT2D eigenvalue weighted by Gasteiger charge is 2.16. The van der Waals surface area contributed by atoms with Gasteiger partial charge in [-0.3, -0.25) is 9.59 Å². The number of halogens is 1. The Morgan fingerprint density at radius 1 is 1.08 bits per heavy atom. The summed E-state index contributed by atoms with van der Waals surface area (Å²) in [6, 6.07) is 12.2. The van der Waals surface area contributed by atoms with Crippen molar-refractivity contribution in [2.24, 2.45) is 0 Å². The maximum atomic E-state index is 12.4. The lowest BCUT2D eigenvalue weighted by atomic mass is 10.2. The Bertz CT molecular complexity index is 778. The minimum Gasteiger partial charge on any atom is -0.497 e. The van der Waals surface area contributed by atoms with Crippen molar-refractivity contribution in [3.05, 3.63) is 53.1 Å². The van der Waals surface area contributed by atoms with Crippen molar-refractivity contribution in [3.8, 4) is 11.5 Å². The second-order valence-corrected chi connectivity index (χ2v) is 6.05. The molecule has 0 radical (unpaired) electrons. The van der Waals surface area contributed by atoms with E-state index < -0.39 is 0 Å². The molecule has 6 nitrogen and oxygen atoms in total. The van der Waals surface area contributed by atoms with E-state index in [0.29, 0.717) is 28.8 Å². The van der Waals surface area contributed by atoms with Crippen LogP contribution in [0.3, 0.4) is 0 Å². The maximum Gasteiger partial charge on any atom is 0.244 e. The standard InChI is InChI=1S/C19H21ClN2O4/c1-13(23)22(11-14-4-6-15(20)7-5-14)12-19(24)21-17-9-8-16(25-2)10-18(17)26-3/h4-10H,11-12H2,1-3H3,(H,21,24). The van der Waals surface area contributed by atoms with Gasteiger partial charge in [0.25, 0.3) is 0 Å². The highest BCUT2D eigenvalue weighted by molar-refractivity contribution is 6.30. The number of nitrogens with zero attached hydrogens (tertiary/aromatic N) is 1. The minimum atomic E-state index is -0.322. The number of rotatable bonds is 7. The van der Waals surface area contributed by atoms with E-state index in [1.807, 2.05) is 12.1 Å². The molecule has 26 heavy (non-hydrogen) atoms. The molecule has 2 aromatic rings. The summed E-state index contributed by atoms with van der Waals surface area (Å²) in [4.78, 5) is 25.7. The summed E-state index contributed by atoms with van der Waals surface area (Å²) in [7, 11) is 3.06. The van der Waals surface area contributed by atoms with Crippen LogP contribution in [0.5, 0.6) is 11.5 Å². The lowest BCUT2D eigenvalue weighted by Crippen LogP contribution is -2.36. The van der Waals surface area contributed by atoms with E-state index in [9.17, 15) is 9.59 Å². The van der Waals surface area contributed by atoms with E-state index in [2.05, 4.69) is 5.32 Å². The van der Waals surface area contributed by atoms with Gasteiger partial charge in [-0.25, -0.2) is 0 Å². The Morgan fingerprint density at radius 3 is 2.35 bits per heavy atom. The molecule has 0 aliphatic heterocycles. The van der Waals surface area contributed by atoms with Gasteiger partial charge >= 0.3 is 0 Å². The molecule has 2 amide bonds. The van der Waals surface area contributed by atoms with Crippen LogP contribution in [0.15, 0.2) is 42.5 Å². The zero-order valence-corrected chi connectivity index (χ0v) is 15.7. The third-order valence-corrected chi connectivity index (χ3v) is 4.00. The molecule has 0 fully saturated rings. The molecule has 0 aromatic heterocycles. The summed E-state index contributed by atoms with van der Waals surface area (Å²) in [6.45, 7) is 1.67. The molecule has 0 spiro atoms. The summed E-state index contributed by atoms with van der Waals surface area (Å²) >= 11 is 5.87. The number of benzene rings is 2. The molecule has 0 saturated heterocycles. The van der Waals surface area contributed by atoms with Crippen molar-refractivity contribution in [2.45, 2.75) is 13.5 Å². The van der Waals surface area contributed by atoms with Crippen LogP contribution < -0.4 is 14.8 Å². The zero-order valence-electron chi connectivity index (χ0n) is 14.9. The lowest BCUT2D eigenvalue weighted by molar-refractivity contribution is -0.133. The number of anilines is 1. The molecular formula is C19H21ClN2O4. The molecule has 7 heteroatoms. The molecule has 0 atom stereocenters. The lowest BCUT2D eigenvalue weighted by Gasteiger charge is -2.21. The fraction of sp³-hybridized carbons (Fsp3) is 0.263. The van der Waals surface area contributed by atoms with Crippen LogP contribution in [0.4, 0.5) is 5.69 Å². The predicted octanol–water partition coefficient (Wildman–Crippen LogP) is 3.34. The number of carbonyl (C=O) groups is 2. The third kappa shape index (κ3) is 5.39. The number of ether oxygens (including phenoxy) is 2. The molecule has 0 unspecified atom stereocenters. The van der Waals surface area contributed by atoms with Gasteiger partial charge in [0.1, 0.15) is 18.0 Å². The van der Waals surface area contributed by atoms with Gasteiger partial charge < -0.3 is 19.7 Å². The molecule has 0 aliphatic carbocycles. The normalized spacial score (nSPS) is 10.2. The third-order valence-electron chi connectivity index (χ3n) is 3.75. The van der Waals surface area contributed by atoms with Gasteiger partial charge in [-0.1, -0.05) is 23.7 Å². The summed E-state index contributed by atoms with van der Waals surface area (Å²) in [5.74, 6) is 0.576. The number of amides is 2. The molecular weight excluding hydrogens is 356 g/mol. The highest BCUT2D eigenvalue weighted by atomic mass is 35.5. The van der Waals surface area contributed by atoms with Crippen molar-refractivity contribution in [1.29, 1.82) is 0 Å². The zero-order chi connectivity index (χ0) is 19.1. The fourth-order valence-electron chi connectivity index (χ4n) is 2.35. The molecule has 2 rings (SSSR count). The first-order valence-corrected chi connectivity index (χ1v) is 8.32. The quantitative estimate of drug-likeness (QED) is 0.804. The van der Waals surface area contributed by atoms with Crippen molar-refractivity contribution in [2.75, 3.05) is 26.1 Å². The Hall–Kier alpha value is -2.73. The summed E-state index contributed by atoms with van der Waals surface area (Å²) in [5.41, 5.74) is 1.40. The molecule has 0 heterocycles. The Balaban J connectivity index is 2.06.